The fraction of sp³-hybridized carbons (Fsp3) is 0.889. The van der Waals surface area contributed by atoms with E-state index < -0.39 is 0 Å². The van der Waals surface area contributed by atoms with Gasteiger partial charge in [-0.1, -0.05) is 20.8 Å². The van der Waals surface area contributed by atoms with Gasteiger partial charge in [0.05, 0.1) is 7.05 Å². The Morgan fingerprint density at radius 2 is 1.75 bits per heavy atom. The van der Waals surface area contributed by atoms with Crippen molar-refractivity contribution in [3.05, 3.63) is 0 Å². The zero-order chi connectivity index (χ0) is 9.94. The molecule has 0 spiro atoms. The lowest BCUT2D eigenvalue weighted by molar-refractivity contribution is -0.663. The third-order valence-corrected chi connectivity index (χ3v) is 1.97. The first-order chi connectivity index (χ1) is 5.30. The maximum Gasteiger partial charge on any atom is 0.280 e. The number of quaternary nitrogens is 1. The quantitative estimate of drug-likeness (QED) is 0.610. The van der Waals surface area contributed by atoms with Gasteiger partial charge in [-0.25, -0.2) is 0 Å². The molecule has 0 aliphatic carbocycles. The van der Waals surface area contributed by atoms with E-state index in [4.69, 9.17) is 0 Å². The van der Waals surface area contributed by atoms with Crippen LogP contribution in [0.5, 0.6) is 0 Å². The third kappa shape index (κ3) is 2.81. The molecule has 2 N–H and O–H groups in total. The zero-order valence-electron chi connectivity index (χ0n) is 9.01. The lowest BCUT2D eigenvalue weighted by atomic mass is 9.86. The standard InChI is InChI=1S/C9H20N2O/c1-9(2,3)7(10-4)8(12)11(5)6/h7,10H,1-6H3/p+1/t7-/m0/s1. The van der Waals surface area contributed by atoms with E-state index in [0.29, 0.717) is 0 Å². The van der Waals surface area contributed by atoms with Crippen LogP contribution in [0.25, 0.3) is 0 Å². The van der Waals surface area contributed by atoms with Gasteiger partial charge in [0.25, 0.3) is 5.91 Å². The second kappa shape index (κ2) is 3.90. The van der Waals surface area contributed by atoms with Crippen molar-refractivity contribution in [3.8, 4) is 0 Å². The first-order valence-electron chi connectivity index (χ1n) is 4.31. The minimum absolute atomic E-state index is 0.0208. The Morgan fingerprint density at radius 3 is 1.83 bits per heavy atom. The van der Waals surface area contributed by atoms with Crippen molar-refractivity contribution >= 4 is 5.91 Å². The van der Waals surface area contributed by atoms with Gasteiger partial charge in [-0.15, -0.1) is 0 Å². The fourth-order valence-electron chi connectivity index (χ4n) is 1.29. The molecule has 0 aromatic heterocycles. The first kappa shape index (κ1) is 11.4. The highest BCUT2D eigenvalue weighted by molar-refractivity contribution is 5.80. The first-order valence-corrected chi connectivity index (χ1v) is 4.31. The molecule has 3 nitrogen and oxygen atoms in total. The summed E-state index contributed by atoms with van der Waals surface area (Å²) >= 11 is 0. The summed E-state index contributed by atoms with van der Waals surface area (Å²) in [5.74, 6) is 0.185. The second-order valence-corrected chi connectivity index (χ2v) is 4.41. The highest BCUT2D eigenvalue weighted by Crippen LogP contribution is 2.17. The molecule has 0 aliphatic heterocycles. The van der Waals surface area contributed by atoms with Gasteiger partial charge in [-0.3, -0.25) is 4.79 Å². The van der Waals surface area contributed by atoms with Gasteiger partial charge < -0.3 is 10.2 Å². The Labute approximate surface area is 75.1 Å². The summed E-state index contributed by atoms with van der Waals surface area (Å²) in [6.45, 7) is 6.25. The van der Waals surface area contributed by atoms with E-state index in [-0.39, 0.29) is 17.4 Å². The van der Waals surface area contributed by atoms with Crippen LogP contribution in [0.1, 0.15) is 20.8 Å². The number of likely N-dealkylation sites (N-methyl/N-ethyl adjacent to an activating group) is 2. The van der Waals surface area contributed by atoms with E-state index in [1.54, 1.807) is 19.0 Å². The van der Waals surface area contributed by atoms with Crippen LogP contribution < -0.4 is 5.32 Å². The lowest BCUT2D eigenvalue weighted by Gasteiger charge is -2.28. The predicted octanol–water partition coefficient (Wildman–Crippen LogP) is -0.317. The highest BCUT2D eigenvalue weighted by Gasteiger charge is 2.34. The summed E-state index contributed by atoms with van der Waals surface area (Å²) in [7, 11) is 5.53. The Hall–Kier alpha value is -0.570. The molecule has 0 saturated carbocycles. The minimum atomic E-state index is 0.0208. The van der Waals surface area contributed by atoms with Crippen molar-refractivity contribution in [2.75, 3.05) is 21.1 Å². The van der Waals surface area contributed by atoms with E-state index >= 15 is 0 Å². The van der Waals surface area contributed by atoms with Crippen molar-refractivity contribution in [1.82, 2.24) is 4.90 Å². The van der Waals surface area contributed by atoms with Gasteiger partial charge in [-0.2, -0.15) is 0 Å². The Balaban J connectivity index is 4.47. The van der Waals surface area contributed by atoms with Crippen LogP contribution in [-0.4, -0.2) is 38.0 Å². The molecule has 0 aromatic rings. The summed E-state index contributed by atoms with van der Waals surface area (Å²) in [6, 6.07) is 0.0208. The van der Waals surface area contributed by atoms with Gasteiger partial charge >= 0.3 is 0 Å². The van der Waals surface area contributed by atoms with Crippen LogP contribution in [0.2, 0.25) is 0 Å². The predicted molar refractivity (Wildman–Crippen MR) is 49.8 cm³/mol. The monoisotopic (exact) mass is 173 g/mol. The third-order valence-electron chi connectivity index (χ3n) is 1.97. The van der Waals surface area contributed by atoms with E-state index in [0.717, 1.165) is 0 Å². The normalized spacial score (nSPS) is 14.2. The summed E-state index contributed by atoms with van der Waals surface area (Å²) in [4.78, 5) is 13.3. The average molecular weight is 173 g/mol. The van der Waals surface area contributed by atoms with Gasteiger partial charge in [0, 0.05) is 19.5 Å². The fourth-order valence-corrected chi connectivity index (χ4v) is 1.29. The zero-order valence-corrected chi connectivity index (χ0v) is 9.01. The van der Waals surface area contributed by atoms with Gasteiger partial charge in [0.2, 0.25) is 0 Å². The van der Waals surface area contributed by atoms with Crippen molar-refractivity contribution < 1.29 is 10.1 Å². The van der Waals surface area contributed by atoms with E-state index in [9.17, 15) is 4.79 Å². The van der Waals surface area contributed by atoms with Gasteiger partial charge in [0.1, 0.15) is 0 Å². The molecule has 1 amide bonds. The molecule has 12 heavy (non-hydrogen) atoms. The Kier molecular flexibility index (Phi) is 3.71. The maximum absolute atomic E-state index is 11.6. The molecular weight excluding hydrogens is 152 g/mol. The molecule has 1 atom stereocenters. The average Bonchev–Trinajstić information content (AvgIpc) is 1.85. The minimum Gasteiger partial charge on any atom is -0.344 e. The van der Waals surface area contributed by atoms with Crippen molar-refractivity contribution in [2.45, 2.75) is 26.8 Å². The molecule has 0 aliphatic rings. The number of hydrogen-bond donors (Lipinski definition) is 1. The molecule has 0 bridgehead atoms. The largest absolute Gasteiger partial charge is 0.344 e. The molecule has 0 unspecified atom stereocenters. The number of carbonyl (C=O) groups excluding carboxylic acids is 1. The van der Waals surface area contributed by atoms with Crippen LogP contribution in [0, 0.1) is 5.41 Å². The Morgan fingerprint density at radius 1 is 1.33 bits per heavy atom. The second-order valence-electron chi connectivity index (χ2n) is 4.41. The van der Waals surface area contributed by atoms with Crippen molar-refractivity contribution in [3.63, 3.8) is 0 Å². The number of amides is 1. The molecule has 3 heteroatoms. The molecule has 0 fully saturated rings. The molecule has 0 rings (SSSR count). The Bertz CT molecular complexity index is 158. The smallest absolute Gasteiger partial charge is 0.280 e. The lowest BCUT2D eigenvalue weighted by Crippen LogP contribution is -2.92. The van der Waals surface area contributed by atoms with Crippen LogP contribution in [0.3, 0.4) is 0 Å². The highest BCUT2D eigenvalue weighted by atomic mass is 16.2. The van der Waals surface area contributed by atoms with Crippen molar-refractivity contribution in [1.29, 1.82) is 0 Å². The molecule has 0 heterocycles. The molecule has 0 radical (unpaired) electrons. The molecular formula is C9H21N2O+. The van der Waals surface area contributed by atoms with Crippen LogP contribution >= 0.6 is 0 Å². The molecule has 0 aromatic carbocycles. The van der Waals surface area contributed by atoms with E-state index in [2.05, 4.69) is 20.8 Å². The van der Waals surface area contributed by atoms with Gasteiger partial charge in [-0.05, 0) is 0 Å². The van der Waals surface area contributed by atoms with Crippen molar-refractivity contribution in [2.24, 2.45) is 5.41 Å². The maximum atomic E-state index is 11.6. The summed E-state index contributed by atoms with van der Waals surface area (Å²) in [5, 5.41) is 1.97. The number of hydrogen-bond acceptors (Lipinski definition) is 1. The van der Waals surface area contributed by atoms with Gasteiger partial charge in [0.15, 0.2) is 6.04 Å². The number of nitrogens with zero attached hydrogens (tertiary/aromatic N) is 1. The van der Waals surface area contributed by atoms with Crippen LogP contribution in [0.15, 0.2) is 0 Å². The summed E-state index contributed by atoms with van der Waals surface area (Å²) in [6.07, 6.45) is 0. The molecule has 72 valence electrons. The van der Waals surface area contributed by atoms with E-state index in [1.807, 2.05) is 12.4 Å². The summed E-state index contributed by atoms with van der Waals surface area (Å²) in [5.41, 5.74) is 0.0239. The van der Waals surface area contributed by atoms with Crippen LogP contribution in [0.4, 0.5) is 0 Å². The SMILES string of the molecule is C[NH2+][C@@H](C(=O)N(C)C)C(C)(C)C. The topological polar surface area (TPSA) is 36.9 Å². The van der Waals surface area contributed by atoms with E-state index in [1.165, 1.54) is 0 Å². The van der Waals surface area contributed by atoms with Crippen LogP contribution in [-0.2, 0) is 4.79 Å². The number of rotatable bonds is 2. The summed E-state index contributed by atoms with van der Waals surface area (Å²) < 4.78 is 0. The number of nitrogens with two attached hydrogens (primary N) is 1. The number of carbonyl (C=O) groups is 1. The molecule has 0 saturated heterocycles.